The molecule has 2 aromatic rings. The molecule has 0 aliphatic carbocycles. The van der Waals surface area contributed by atoms with Crippen molar-refractivity contribution in [3.8, 4) is 0 Å². The van der Waals surface area contributed by atoms with Crippen LogP contribution in [-0.2, 0) is 0 Å². The number of hydrogen-bond donors (Lipinski definition) is 0. The van der Waals surface area contributed by atoms with Crippen molar-refractivity contribution < 1.29 is 4.79 Å². The summed E-state index contributed by atoms with van der Waals surface area (Å²) in [6.45, 7) is 0. The van der Waals surface area contributed by atoms with E-state index in [1.807, 2.05) is 5.38 Å². The normalized spacial score (nSPS) is 10.6. The molecule has 0 amide bonds. The molecule has 0 radical (unpaired) electrons. The van der Waals surface area contributed by atoms with Gasteiger partial charge in [0, 0.05) is 28.2 Å². The summed E-state index contributed by atoms with van der Waals surface area (Å²) in [5.74, 6) is 0. The van der Waals surface area contributed by atoms with Crippen molar-refractivity contribution in [1.29, 1.82) is 0 Å². The summed E-state index contributed by atoms with van der Waals surface area (Å²) in [4.78, 5) is 10.7. The first-order valence-corrected chi connectivity index (χ1v) is 6.58. The van der Waals surface area contributed by atoms with Crippen LogP contribution in [0.4, 0.5) is 0 Å². The molecule has 0 bridgehead atoms. The van der Waals surface area contributed by atoms with E-state index in [1.165, 1.54) is 11.8 Å². The number of halogens is 2. The minimum absolute atomic E-state index is 0.808. The SMILES string of the molecule is O=Cc1csc2ccc(I)c(I)c12. The Kier molecular flexibility index (Phi) is 2.89. The summed E-state index contributed by atoms with van der Waals surface area (Å²) in [5, 5.41) is 3.02. The zero-order chi connectivity index (χ0) is 9.42. The van der Waals surface area contributed by atoms with Gasteiger partial charge < -0.3 is 0 Å². The molecular weight excluding hydrogens is 410 g/mol. The Balaban J connectivity index is 2.93. The monoisotopic (exact) mass is 414 g/mol. The third-order valence-electron chi connectivity index (χ3n) is 1.79. The van der Waals surface area contributed by atoms with Gasteiger partial charge in [-0.3, -0.25) is 4.79 Å². The van der Waals surface area contributed by atoms with Crippen molar-refractivity contribution in [1.82, 2.24) is 0 Å². The second-order valence-electron chi connectivity index (χ2n) is 2.54. The molecule has 0 fully saturated rings. The van der Waals surface area contributed by atoms with Crippen LogP contribution < -0.4 is 0 Å². The fraction of sp³-hybridized carbons (Fsp3) is 0. The number of fused-ring (bicyclic) bond motifs is 1. The zero-order valence-electron chi connectivity index (χ0n) is 6.38. The summed E-state index contributed by atoms with van der Waals surface area (Å²) in [7, 11) is 0. The van der Waals surface area contributed by atoms with Crippen LogP contribution in [0.2, 0.25) is 0 Å². The van der Waals surface area contributed by atoms with Gasteiger partial charge in [-0.2, -0.15) is 0 Å². The molecule has 0 saturated carbocycles. The first-order chi connectivity index (χ1) is 6.24. The van der Waals surface area contributed by atoms with E-state index < -0.39 is 0 Å². The fourth-order valence-electron chi connectivity index (χ4n) is 1.17. The average molecular weight is 414 g/mol. The van der Waals surface area contributed by atoms with Crippen molar-refractivity contribution in [2.45, 2.75) is 0 Å². The van der Waals surface area contributed by atoms with Crippen molar-refractivity contribution in [3.63, 3.8) is 0 Å². The van der Waals surface area contributed by atoms with Gasteiger partial charge >= 0.3 is 0 Å². The molecule has 0 N–H and O–H groups in total. The number of benzene rings is 1. The molecule has 13 heavy (non-hydrogen) atoms. The first-order valence-electron chi connectivity index (χ1n) is 3.54. The number of carbonyl (C=O) groups excluding carboxylic acids is 1. The molecule has 0 unspecified atom stereocenters. The van der Waals surface area contributed by atoms with Gasteiger partial charge in [0.15, 0.2) is 6.29 Å². The summed E-state index contributed by atoms with van der Waals surface area (Å²) < 4.78 is 3.57. The Bertz CT molecular complexity index is 476. The van der Waals surface area contributed by atoms with Crippen molar-refractivity contribution in [3.05, 3.63) is 30.2 Å². The number of carbonyl (C=O) groups is 1. The molecule has 0 spiro atoms. The maximum absolute atomic E-state index is 10.7. The summed E-state index contributed by atoms with van der Waals surface area (Å²) in [5.41, 5.74) is 0.808. The maximum Gasteiger partial charge on any atom is 0.151 e. The molecule has 0 atom stereocenters. The minimum atomic E-state index is 0.808. The van der Waals surface area contributed by atoms with Gasteiger partial charge in [-0.25, -0.2) is 0 Å². The first kappa shape index (κ1) is 9.85. The van der Waals surface area contributed by atoms with E-state index in [0.717, 1.165) is 17.2 Å². The lowest BCUT2D eigenvalue weighted by atomic mass is 10.2. The fourth-order valence-corrected chi connectivity index (χ4v) is 3.50. The molecule has 66 valence electrons. The van der Waals surface area contributed by atoms with Crippen LogP contribution in [0.3, 0.4) is 0 Å². The molecule has 0 aliphatic heterocycles. The van der Waals surface area contributed by atoms with Gasteiger partial charge in [-0.05, 0) is 57.3 Å². The van der Waals surface area contributed by atoms with Crippen LogP contribution in [0.1, 0.15) is 10.4 Å². The summed E-state index contributed by atoms with van der Waals surface area (Å²) in [6.07, 6.45) is 0.928. The Labute approximate surface area is 107 Å². The van der Waals surface area contributed by atoms with Crippen LogP contribution in [0.15, 0.2) is 17.5 Å². The van der Waals surface area contributed by atoms with Gasteiger partial charge in [-0.1, -0.05) is 0 Å². The molecule has 0 saturated heterocycles. The van der Waals surface area contributed by atoms with E-state index in [0.29, 0.717) is 0 Å². The smallest absolute Gasteiger partial charge is 0.151 e. The lowest BCUT2D eigenvalue weighted by Crippen LogP contribution is -1.83. The van der Waals surface area contributed by atoms with Gasteiger partial charge in [0.05, 0.1) is 0 Å². The van der Waals surface area contributed by atoms with E-state index >= 15 is 0 Å². The Morgan fingerprint density at radius 3 is 2.77 bits per heavy atom. The average Bonchev–Trinajstić information content (AvgIpc) is 2.55. The maximum atomic E-state index is 10.7. The van der Waals surface area contributed by atoms with Gasteiger partial charge in [-0.15, -0.1) is 11.3 Å². The highest BCUT2D eigenvalue weighted by atomic mass is 127. The highest BCUT2D eigenvalue weighted by molar-refractivity contribution is 14.1. The van der Waals surface area contributed by atoms with Gasteiger partial charge in [0.25, 0.3) is 0 Å². The molecule has 4 heteroatoms. The van der Waals surface area contributed by atoms with Crippen LogP contribution in [0, 0.1) is 7.14 Å². The van der Waals surface area contributed by atoms with Crippen LogP contribution >= 0.6 is 56.5 Å². The third-order valence-corrected chi connectivity index (χ3v) is 5.80. The highest BCUT2D eigenvalue weighted by Crippen LogP contribution is 2.31. The van der Waals surface area contributed by atoms with Crippen LogP contribution in [0.25, 0.3) is 10.1 Å². The van der Waals surface area contributed by atoms with E-state index in [-0.39, 0.29) is 0 Å². The number of hydrogen-bond acceptors (Lipinski definition) is 2. The second kappa shape index (κ2) is 3.82. The lowest BCUT2D eigenvalue weighted by Gasteiger charge is -1.98. The topological polar surface area (TPSA) is 17.1 Å². The van der Waals surface area contributed by atoms with E-state index in [4.69, 9.17) is 0 Å². The molecule has 1 nitrogen and oxygen atoms in total. The predicted octanol–water partition coefficient (Wildman–Crippen LogP) is 3.92. The Morgan fingerprint density at radius 1 is 1.31 bits per heavy atom. The van der Waals surface area contributed by atoms with Crippen molar-refractivity contribution >= 4 is 72.9 Å². The summed E-state index contributed by atoms with van der Waals surface area (Å²) in [6, 6.07) is 4.15. The van der Waals surface area contributed by atoms with E-state index in [1.54, 1.807) is 11.3 Å². The van der Waals surface area contributed by atoms with Gasteiger partial charge in [0.2, 0.25) is 0 Å². The zero-order valence-corrected chi connectivity index (χ0v) is 11.5. The standard InChI is InChI=1S/C9H4I2OS/c10-6-1-2-7-8(9(6)11)5(3-12)4-13-7/h1-4H. The van der Waals surface area contributed by atoms with E-state index in [2.05, 4.69) is 57.3 Å². The number of rotatable bonds is 1. The quantitative estimate of drug-likeness (QED) is 0.511. The Hall–Kier alpha value is 0.310. The largest absolute Gasteiger partial charge is 0.298 e. The highest BCUT2D eigenvalue weighted by Gasteiger charge is 2.08. The number of thiophene rings is 1. The molecule has 1 aromatic carbocycles. The lowest BCUT2D eigenvalue weighted by molar-refractivity contribution is 0.112. The molecule has 1 heterocycles. The van der Waals surface area contributed by atoms with Crippen molar-refractivity contribution in [2.24, 2.45) is 0 Å². The second-order valence-corrected chi connectivity index (χ2v) is 5.70. The minimum Gasteiger partial charge on any atom is -0.298 e. The van der Waals surface area contributed by atoms with E-state index in [9.17, 15) is 4.79 Å². The third kappa shape index (κ3) is 1.63. The van der Waals surface area contributed by atoms with Crippen molar-refractivity contribution in [2.75, 3.05) is 0 Å². The molecule has 1 aromatic heterocycles. The summed E-state index contributed by atoms with van der Waals surface area (Å²) >= 11 is 6.19. The Morgan fingerprint density at radius 2 is 2.08 bits per heavy atom. The molecule has 2 rings (SSSR count). The van der Waals surface area contributed by atoms with Gasteiger partial charge in [0.1, 0.15) is 0 Å². The van der Waals surface area contributed by atoms with Crippen LogP contribution in [-0.4, -0.2) is 6.29 Å². The van der Waals surface area contributed by atoms with Crippen LogP contribution in [0.5, 0.6) is 0 Å². The number of aldehydes is 1. The predicted molar refractivity (Wildman–Crippen MR) is 72.6 cm³/mol. The molecular formula is C9H4I2OS. The molecule has 0 aliphatic rings.